The Kier molecular flexibility index (Phi) is 10.7. The van der Waals surface area contributed by atoms with Crippen molar-refractivity contribution in [2.45, 2.75) is 24.0 Å². The fourth-order valence-corrected chi connectivity index (χ4v) is 6.11. The molecule has 0 saturated heterocycles. The van der Waals surface area contributed by atoms with Crippen LogP contribution in [-0.2, 0) is 9.59 Å². The minimum atomic E-state index is -0.520. The quantitative estimate of drug-likeness (QED) is 0.105. The topological polar surface area (TPSA) is 91.7 Å². The number of aryl methyl sites for hydroxylation is 1. The van der Waals surface area contributed by atoms with Crippen molar-refractivity contribution in [3.8, 4) is 11.3 Å². The molecule has 0 saturated carbocycles. The lowest BCUT2D eigenvalue weighted by Crippen LogP contribution is -2.32. The Bertz CT molecular complexity index is 2050. The standard InChI is InChI=1S/C42H35N3O4S/c1-29-18-20-31(21-19-29)39-27-24-36(49-39)28-38(44-40(46)32-12-6-3-7-13-32)41(47)43-33-22-25-37(26-23-33)50-30(2)42(48)45(34-14-8-4-9-15-34)35-16-10-5-11-17-35/h3-28,30H,1-2H3,(H,43,47)(H,44,46)/b38-28-. The lowest BCUT2D eigenvalue weighted by molar-refractivity contribution is -0.117. The fourth-order valence-electron chi connectivity index (χ4n) is 5.20. The van der Waals surface area contributed by atoms with Crippen molar-refractivity contribution in [1.29, 1.82) is 0 Å². The first-order valence-electron chi connectivity index (χ1n) is 16.1. The summed E-state index contributed by atoms with van der Waals surface area (Å²) in [6.45, 7) is 3.90. The van der Waals surface area contributed by atoms with E-state index in [1.165, 1.54) is 17.8 Å². The van der Waals surface area contributed by atoms with Crippen LogP contribution in [0.2, 0.25) is 0 Å². The molecule has 0 spiro atoms. The Morgan fingerprint density at radius 2 is 1.28 bits per heavy atom. The van der Waals surface area contributed by atoms with Gasteiger partial charge in [0.15, 0.2) is 0 Å². The highest BCUT2D eigenvalue weighted by Gasteiger charge is 2.24. The minimum Gasteiger partial charge on any atom is -0.457 e. The summed E-state index contributed by atoms with van der Waals surface area (Å²) in [5.74, 6) is 0.0409. The van der Waals surface area contributed by atoms with Gasteiger partial charge in [0, 0.05) is 39.2 Å². The van der Waals surface area contributed by atoms with Crippen LogP contribution in [0.4, 0.5) is 17.1 Å². The maximum Gasteiger partial charge on any atom is 0.272 e. The van der Waals surface area contributed by atoms with E-state index in [1.807, 2.05) is 123 Å². The number of nitrogens with zero attached hydrogens (tertiary/aromatic N) is 1. The van der Waals surface area contributed by atoms with Gasteiger partial charge in [0.1, 0.15) is 17.2 Å². The van der Waals surface area contributed by atoms with E-state index < -0.39 is 17.1 Å². The Hall–Kier alpha value is -6.12. The SMILES string of the molecule is Cc1ccc(-c2ccc(/C=C(\NC(=O)c3ccccc3)C(=O)Nc3ccc(SC(C)C(=O)N(c4ccccc4)c4ccccc4)cc3)o2)cc1. The zero-order chi connectivity index (χ0) is 34.9. The second-order valence-electron chi connectivity index (χ2n) is 11.5. The van der Waals surface area contributed by atoms with Gasteiger partial charge in [-0.15, -0.1) is 11.8 Å². The van der Waals surface area contributed by atoms with E-state index in [0.717, 1.165) is 27.4 Å². The van der Waals surface area contributed by atoms with E-state index >= 15 is 0 Å². The number of nitrogens with one attached hydrogen (secondary N) is 2. The number of para-hydroxylation sites is 2. The lowest BCUT2D eigenvalue weighted by atomic mass is 10.1. The molecule has 1 aromatic heterocycles. The Morgan fingerprint density at radius 3 is 1.88 bits per heavy atom. The third kappa shape index (κ3) is 8.47. The van der Waals surface area contributed by atoms with Crippen LogP contribution >= 0.6 is 11.8 Å². The van der Waals surface area contributed by atoms with Gasteiger partial charge >= 0.3 is 0 Å². The van der Waals surface area contributed by atoms with Crippen molar-refractivity contribution in [2.75, 3.05) is 10.2 Å². The fraction of sp³-hybridized carbons (Fsp3) is 0.0714. The molecule has 0 aliphatic rings. The number of rotatable bonds is 11. The molecule has 0 aliphatic carbocycles. The summed E-state index contributed by atoms with van der Waals surface area (Å²) in [5.41, 5.74) is 4.56. The van der Waals surface area contributed by atoms with Crippen LogP contribution in [0.3, 0.4) is 0 Å². The van der Waals surface area contributed by atoms with Crippen LogP contribution in [0.1, 0.15) is 28.6 Å². The highest BCUT2D eigenvalue weighted by molar-refractivity contribution is 8.00. The van der Waals surface area contributed by atoms with Gasteiger partial charge in [0.05, 0.1) is 5.25 Å². The molecule has 50 heavy (non-hydrogen) atoms. The number of carbonyl (C=O) groups excluding carboxylic acids is 3. The summed E-state index contributed by atoms with van der Waals surface area (Å²) in [6, 6.07) is 46.6. The first-order chi connectivity index (χ1) is 24.3. The molecule has 0 aliphatic heterocycles. The van der Waals surface area contributed by atoms with Crippen molar-refractivity contribution in [3.63, 3.8) is 0 Å². The molecule has 0 bridgehead atoms. The van der Waals surface area contributed by atoms with Gasteiger partial charge in [-0.05, 0) is 86.6 Å². The zero-order valence-electron chi connectivity index (χ0n) is 27.6. The zero-order valence-corrected chi connectivity index (χ0v) is 28.4. The molecule has 1 atom stereocenters. The molecule has 0 radical (unpaired) electrons. The molecule has 7 nitrogen and oxygen atoms in total. The molecular weight excluding hydrogens is 643 g/mol. The molecule has 8 heteroatoms. The second kappa shape index (κ2) is 15.9. The van der Waals surface area contributed by atoms with Gasteiger partial charge in [0.25, 0.3) is 11.8 Å². The van der Waals surface area contributed by atoms with Crippen molar-refractivity contribution >= 4 is 52.6 Å². The largest absolute Gasteiger partial charge is 0.457 e. The number of amides is 3. The third-order valence-electron chi connectivity index (χ3n) is 7.80. The highest BCUT2D eigenvalue weighted by Crippen LogP contribution is 2.32. The summed E-state index contributed by atoms with van der Waals surface area (Å²) in [7, 11) is 0. The van der Waals surface area contributed by atoms with Crippen LogP contribution < -0.4 is 15.5 Å². The summed E-state index contributed by atoms with van der Waals surface area (Å²) in [4.78, 5) is 43.1. The number of furan rings is 1. The van der Waals surface area contributed by atoms with E-state index in [1.54, 1.807) is 47.4 Å². The smallest absolute Gasteiger partial charge is 0.272 e. The average molecular weight is 678 g/mol. The summed E-state index contributed by atoms with van der Waals surface area (Å²) in [5, 5.41) is 5.22. The predicted octanol–water partition coefficient (Wildman–Crippen LogP) is 9.51. The minimum absolute atomic E-state index is 0.0169. The normalized spacial score (nSPS) is 11.8. The van der Waals surface area contributed by atoms with Gasteiger partial charge in [-0.3, -0.25) is 19.3 Å². The average Bonchev–Trinajstić information content (AvgIpc) is 3.62. The van der Waals surface area contributed by atoms with E-state index in [-0.39, 0.29) is 11.6 Å². The van der Waals surface area contributed by atoms with E-state index in [9.17, 15) is 14.4 Å². The second-order valence-corrected chi connectivity index (χ2v) is 12.9. The van der Waals surface area contributed by atoms with Gasteiger partial charge in [-0.1, -0.05) is 84.4 Å². The molecular formula is C42H35N3O4S. The maximum atomic E-state index is 13.8. The van der Waals surface area contributed by atoms with E-state index in [2.05, 4.69) is 10.6 Å². The molecule has 2 N–H and O–H groups in total. The van der Waals surface area contributed by atoms with Crippen molar-refractivity contribution in [1.82, 2.24) is 5.32 Å². The maximum absolute atomic E-state index is 13.8. The molecule has 5 aromatic carbocycles. The van der Waals surface area contributed by atoms with Crippen LogP contribution in [0.25, 0.3) is 17.4 Å². The molecule has 1 unspecified atom stereocenters. The molecule has 0 fully saturated rings. The van der Waals surface area contributed by atoms with Crippen LogP contribution in [0.15, 0.2) is 167 Å². The Morgan fingerprint density at radius 1 is 0.700 bits per heavy atom. The number of thioether (sulfide) groups is 1. The van der Waals surface area contributed by atoms with Crippen LogP contribution in [0.5, 0.6) is 0 Å². The Labute approximate surface area is 295 Å². The number of carbonyl (C=O) groups is 3. The van der Waals surface area contributed by atoms with Crippen molar-refractivity contribution < 1.29 is 18.8 Å². The number of hydrogen-bond donors (Lipinski definition) is 2. The number of hydrogen-bond acceptors (Lipinski definition) is 5. The number of benzene rings is 5. The van der Waals surface area contributed by atoms with Crippen LogP contribution in [0, 0.1) is 6.92 Å². The van der Waals surface area contributed by atoms with Gasteiger partial charge in [-0.2, -0.15) is 0 Å². The molecule has 3 amide bonds. The molecule has 6 aromatic rings. The highest BCUT2D eigenvalue weighted by atomic mass is 32.2. The molecule has 1 heterocycles. The Balaban J connectivity index is 1.17. The van der Waals surface area contributed by atoms with Gasteiger partial charge in [-0.25, -0.2) is 0 Å². The first-order valence-corrected chi connectivity index (χ1v) is 17.0. The van der Waals surface area contributed by atoms with Crippen molar-refractivity contribution in [2.24, 2.45) is 0 Å². The summed E-state index contributed by atoms with van der Waals surface area (Å²) < 4.78 is 6.03. The monoisotopic (exact) mass is 677 g/mol. The predicted molar refractivity (Wildman–Crippen MR) is 201 cm³/mol. The number of anilines is 3. The van der Waals surface area contributed by atoms with Crippen LogP contribution in [-0.4, -0.2) is 23.0 Å². The summed E-state index contributed by atoms with van der Waals surface area (Å²) >= 11 is 1.43. The molecule has 6 rings (SSSR count). The first kappa shape index (κ1) is 33.8. The molecule has 248 valence electrons. The van der Waals surface area contributed by atoms with E-state index in [0.29, 0.717) is 22.8 Å². The van der Waals surface area contributed by atoms with Gasteiger partial charge in [0.2, 0.25) is 5.91 Å². The van der Waals surface area contributed by atoms with Gasteiger partial charge < -0.3 is 15.1 Å². The lowest BCUT2D eigenvalue weighted by Gasteiger charge is -2.26. The summed E-state index contributed by atoms with van der Waals surface area (Å²) in [6.07, 6.45) is 1.51. The van der Waals surface area contributed by atoms with Crippen molar-refractivity contribution in [3.05, 3.63) is 174 Å². The third-order valence-corrected chi connectivity index (χ3v) is 8.90. The van der Waals surface area contributed by atoms with E-state index in [4.69, 9.17) is 4.42 Å².